The van der Waals surface area contributed by atoms with Crippen LogP contribution in [0.15, 0.2) is 30.5 Å². The van der Waals surface area contributed by atoms with Gasteiger partial charge in [-0.05, 0) is 104 Å². The largest absolute Gasteiger partial charge is 0.426 e. The number of carbonyl (C=O) groups is 1. The van der Waals surface area contributed by atoms with Gasteiger partial charge in [0.25, 0.3) is 5.91 Å². The van der Waals surface area contributed by atoms with Gasteiger partial charge in [0.2, 0.25) is 5.60 Å². The van der Waals surface area contributed by atoms with Crippen molar-refractivity contribution in [3.63, 3.8) is 0 Å². The lowest BCUT2D eigenvalue weighted by atomic mass is 9.66. The van der Waals surface area contributed by atoms with Crippen molar-refractivity contribution in [2.24, 2.45) is 5.92 Å². The molecule has 2 fully saturated rings. The Balaban J connectivity index is 1.39. The van der Waals surface area contributed by atoms with Crippen LogP contribution in [0.4, 0.5) is 13.2 Å². The van der Waals surface area contributed by atoms with Crippen LogP contribution in [0, 0.1) is 5.92 Å². The summed E-state index contributed by atoms with van der Waals surface area (Å²) >= 11 is 0. The number of carbonyl (C=O) groups excluding carboxylic acids is 1. The minimum Gasteiger partial charge on any atom is -0.373 e. The summed E-state index contributed by atoms with van der Waals surface area (Å²) in [5, 5.41) is 13.5. The smallest absolute Gasteiger partial charge is 0.373 e. The normalized spacial score (nSPS) is 26.4. The van der Waals surface area contributed by atoms with E-state index in [2.05, 4.69) is 30.4 Å². The lowest BCUT2D eigenvalue weighted by Crippen LogP contribution is -2.54. The number of rotatable bonds is 3. The van der Waals surface area contributed by atoms with Gasteiger partial charge in [-0.1, -0.05) is 6.08 Å². The zero-order valence-corrected chi connectivity index (χ0v) is 20.5. The molecule has 190 valence electrons. The van der Waals surface area contributed by atoms with E-state index in [1.165, 1.54) is 23.3 Å². The van der Waals surface area contributed by atoms with Crippen LogP contribution in [0.2, 0.25) is 0 Å². The van der Waals surface area contributed by atoms with E-state index >= 15 is 0 Å². The van der Waals surface area contributed by atoms with E-state index in [9.17, 15) is 23.1 Å². The third-order valence-electron chi connectivity index (χ3n) is 8.60. The van der Waals surface area contributed by atoms with Gasteiger partial charge in [-0.3, -0.25) is 9.78 Å². The van der Waals surface area contributed by atoms with Gasteiger partial charge in [0.05, 0.1) is 5.69 Å². The minimum absolute atomic E-state index is 0.0367. The second kappa shape index (κ2) is 8.15. The number of benzene rings is 1. The summed E-state index contributed by atoms with van der Waals surface area (Å²) in [5.74, 6) is -0.227. The highest BCUT2D eigenvalue weighted by atomic mass is 19.4. The molecule has 1 saturated carbocycles. The van der Waals surface area contributed by atoms with E-state index < -0.39 is 17.7 Å². The molecule has 4 aliphatic rings. The third kappa shape index (κ3) is 3.60. The number of aromatic nitrogens is 1. The number of nitrogens with zero attached hydrogens (tertiary/aromatic N) is 2. The van der Waals surface area contributed by atoms with Crippen molar-refractivity contribution in [3.8, 4) is 11.1 Å². The summed E-state index contributed by atoms with van der Waals surface area (Å²) in [6.45, 7) is 3.63. The van der Waals surface area contributed by atoms with Crippen LogP contribution in [0.25, 0.3) is 16.7 Å². The average molecular weight is 498 g/mol. The van der Waals surface area contributed by atoms with Crippen LogP contribution in [-0.2, 0) is 17.9 Å². The number of pyridine rings is 1. The molecule has 2 N–H and O–H groups in total. The Hall–Kier alpha value is -2.71. The lowest BCUT2D eigenvalue weighted by molar-refractivity contribution is -0.250. The molecule has 1 amide bonds. The van der Waals surface area contributed by atoms with E-state index in [1.807, 2.05) is 12.3 Å². The van der Waals surface area contributed by atoms with Crippen LogP contribution in [0.3, 0.4) is 0 Å². The second-order valence-corrected chi connectivity index (χ2v) is 10.9. The molecule has 36 heavy (non-hydrogen) atoms. The van der Waals surface area contributed by atoms with E-state index in [4.69, 9.17) is 4.98 Å². The van der Waals surface area contributed by atoms with Gasteiger partial charge >= 0.3 is 6.18 Å². The SMILES string of the molecule is CC1=CC2CCC2c2ncc(-c3cc4c(c([C@@H]5CCCN5)c3)CN(C(=O)[C@@](C)(O)C(F)(F)F)C4)cc21. The van der Waals surface area contributed by atoms with Gasteiger partial charge in [0.15, 0.2) is 0 Å². The molecule has 6 rings (SSSR count). The summed E-state index contributed by atoms with van der Waals surface area (Å²) in [7, 11) is 0. The number of alkyl halides is 3. The second-order valence-electron chi connectivity index (χ2n) is 10.9. The van der Waals surface area contributed by atoms with Crippen molar-refractivity contribution in [1.82, 2.24) is 15.2 Å². The molecule has 5 nitrogen and oxygen atoms in total. The predicted molar refractivity (Wildman–Crippen MR) is 130 cm³/mol. The molecule has 1 saturated heterocycles. The summed E-state index contributed by atoms with van der Waals surface area (Å²) in [6.07, 6.45) is 3.54. The topological polar surface area (TPSA) is 65.5 Å². The van der Waals surface area contributed by atoms with Gasteiger partial charge in [-0.25, -0.2) is 0 Å². The quantitative estimate of drug-likeness (QED) is 0.609. The van der Waals surface area contributed by atoms with E-state index in [1.54, 1.807) is 0 Å². The van der Waals surface area contributed by atoms with Crippen LogP contribution < -0.4 is 5.32 Å². The van der Waals surface area contributed by atoms with Crippen molar-refractivity contribution in [2.75, 3.05) is 6.54 Å². The molecule has 2 aliphatic carbocycles. The Labute approximate surface area is 208 Å². The number of allylic oxidation sites excluding steroid dienone is 2. The number of fused-ring (bicyclic) bond motifs is 4. The van der Waals surface area contributed by atoms with Gasteiger partial charge in [-0.2, -0.15) is 13.2 Å². The molecule has 2 aliphatic heterocycles. The number of nitrogens with one attached hydrogen (secondary N) is 1. The Kier molecular flexibility index (Phi) is 5.36. The maximum atomic E-state index is 13.4. The fourth-order valence-electron chi connectivity index (χ4n) is 6.26. The lowest BCUT2D eigenvalue weighted by Gasteiger charge is -2.39. The first kappa shape index (κ1) is 23.7. The first-order valence-electron chi connectivity index (χ1n) is 12.7. The highest BCUT2D eigenvalue weighted by Crippen LogP contribution is 2.50. The first-order chi connectivity index (χ1) is 17.0. The first-order valence-corrected chi connectivity index (χ1v) is 12.7. The summed E-state index contributed by atoms with van der Waals surface area (Å²) in [6, 6.07) is 6.35. The van der Waals surface area contributed by atoms with Gasteiger partial charge in [0.1, 0.15) is 0 Å². The maximum Gasteiger partial charge on any atom is 0.426 e. The molecule has 0 bridgehead atoms. The third-order valence-corrected chi connectivity index (χ3v) is 8.60. The number of hydrogen-bond donors (Lipinski definition) is 2. The van der Waals surface area contributed by atoms with E-state index in [-0.39, 0.29) is 19.1 Å². The molecular formula is C28H30F3N3O2. The summed E-state index contributed by atoms with van der Waals surface area (Å²) in [4.78, 5) is 18.7. The molecule has 3 heterocycles. The molecule has 1 aromatic heterocycles. The van der Waals surface area contributed by atoms with Crippen LogP contribution in [0.5, 0.6) is 0 Å². The standard InChI is InChI=1S/C28H30F3N3O2/c1-15-8-16-5-6-20(16)25-21(15)11-18(12-33-25)17-9-19-13-34(26(35)27(2,36)28(29,30)31)14-23(19)22(10-17)24-4-3-7-32-24/h8-12,16,20,24,32,36H,3-7,13-14H2,1-2H3/t16?,20?,24-,27+/m0/s1. The van der Waals surface area contributed by atoms with Crippen molar-refractivity contribution < 1.29 is 23.1 Å². The maximum absolute atomic E-state index is 13.4. The molecule has 1 aromatic carbocycles. The Morgan fingerprint density at radius 2 is 1.94 bits per heavy atom. The predicted octanol–water partition coefficient (Wildman–Crippen LogP) is 5.24. The molecule has 2 aromatic rings. The molecule has 0 radical (unpaired) electrons. The zero-order chi connectivity index (χ0) is 25.4. The van der Waals surface area contributed by atoms with E-state index in [0.29, 0.717) is 18.8 Å². The molecule has 8 heteroatoms. The fourth-order valence-corrected chi connectivity index (χ4v) is 6.26. The van der Waals surface area contributed by atoms with E-state index in [0.717, 1.165) is 58.5 Å². The minimum atomic E-state index is -5.04. The highest BCUT2D eigenvalue weighted by molar-refractivity contribution is 5.86. The Morgan fingerprint density at radius 1 is 1.14 bits per heavy atom. The highest BCUT2D eigenvalue weighted by Gasteiger charge is 2.57. The number of halogens is 3. The Bertz CT molecular complexity index is 1280. The number of hydrogen-bond acceptors (Lipinski definition) is 4. The fraction of sp³-hybridized carbons (Fsp3) is 0.500. The average Bonchev–Trinajstić information content (AvgIpc) is 3.49. The zero-order valence-electron chi connectivity index (χ0n) is 20.5. The number of aliphatic hydroxyl groups is 1. The van der Waals surface area contributed by atoms with Crippen molar-refractivity contribution in [1.29, 1.82) is 0 Å². The number of amides is 1. The summed E-state index contributed by atoms with van der Waals surface area (Å²) in [5.41, 5.74) is 4.80. The van der Waals surface area contributed by atoms with Gasteiger partial charge in [0, 0.05) is 36.8 Å². The van der Waals surface area contributed by atoms with Crippen molar-refractivity contribution in [3.05, 3.63) is 58.4 Å². The summed E-state index contributed by atoms with van der Waals surface area (Å²) < 4.78 is 40.1. The van der Waals surface area contributed by atoms with Crippen LogP contribution in [0.1, 0.15) is 79.4 Å². The molecule has 0 spiro atoms. The van der Waals surface area contributed by atoms with Gasteiger partial charge < -0.3 is 15.3 Å². The Morgan fingerprint density at radius 3 is 2.61 bits per heavy atom. The molecule has 2 unspecified atom stereocenters. The van der Waals surface area contributed by atoms with Crippen LogP contribution in [-0.4, -0.2) is 39.2 Å². The molecule has 4 atom stereocenters. The van der Waals surface area contributed by atoms with Crippen molar-refractivity contribution in [2.45, 2.75) is 76.4 Å². The van der Waals surface area contributed by atoms with Gasteiger partial charge in [-0.15, -0.1) is 0 Å². The van der Waals surface area contributed by atoms with Crippen LogP contribution >= 0.6 is 0 Å². The monoisotopic (exact) mass is 497 g/mol. The molecular weight excluding hydrogens is 467 g/mol. The van der Waals surface area contributed by atoms with Crippen molar-refractivity contribution >= 4 is 11.5 Å².